The van der Waals surface area contributed by atoms with Gasteiger partial charge in [0.15, 0.2) is 9.84 Å². The van der Waals surface area contributed by atoms with E-state index in [9.17, 15) is 26.4 Å². The van der Waals surface area contributed by atoms with Crippen LogP contribution in [0.3, 0.4) is 0 Å². The predicted octanol–water partition coefficient (Wildman–Crippen LogP) is 1.09. The van der Waals surface area contributed by atoms with Gasteiger partial charge in [-0.25, -0.2) is 8.42 Å². The summed E-state index contributed by atoms with van der Waals surface area (Å²) < 4.78 is 60.9. The minimum Gasteiger partial charge on any atom is -0.396 e. The number of hydrogen-bond donors (Lipinski definition) is 2. The van der Waals surface area contributed by atoms with Crippen molar-refractivity contribution >= 4 is 37.8 Å². The largest absolute Gasteiger partial charge is 0.405 e. The molecule has 0 fully saturated rings. The number of nitrogens with zero attached hydrogens (tertiary/aromatic N) is 1. The third-order valence-corrected chi connectivity index (χ3v) is 5.05. The predicted molar refractivity (Wildman–Crippen MR) is 74.6 cm³/mol. The summed E-state index contributed by atoms with van der Waals surface area (Å²) in [6.07, 6.45) is -3.70. The number of amides is 1. The van der Waals surface area contributed by atoms with Crippen LogP contribution in [-0.2, 0) is 9.84 Å². The third-order valence-electron chi connectivity index (χ3n) is 2.45. The molecule has 0 aliphatic heterocycles. The third kappa shape index (κ3) is 4.00. The normalized spacial score (nSPS) is 12.3. The van der Waals surface area contributed by atoms with Gasteiger partial charge in [-0.15, -0.1) is 11.3 Å². The zero-order valence-electron chi connectivity index (χ0n) is 11.4. The smallest absolute Gasteiger partial charge is 0.396 e. The van der Waals surface area contributed by atoms with Gasteiger partial charge in [-0.05, 0) is 0 Å². The second-order valence-electron chi connectivity index (χ2n) is 4.30. The van der Waals surface area contributed by atoms with Crippen molar-refractivity contribution in [2.45, 2.75) is 11.1 Å². The number of carbonyl (C=O) groups is 1. The van der Waals surface area contributed by atoms with E-state index >= 15 is 0 Å². The highest BCUT2D eigenvalue weighted by molar-refractivity contribution is 7.91. The highest BCUT2D eigenvalue weighted by atomic mass is 32.2. The van der Waals surface area contributed by atoms with Crippen molar-refractivity contribution in [1.29, 1.82) is 0 Å². The van der Waals surface area contributed by atoms with Gasteiger partial charge >= 0.3 is 6.18 Å². The van der Waals surface area contributed by atoms with E-state index in [1.807, 2.05) is 0 Å². The van der Waals surface area contributed by atoms with Gasteiger partial charge in [0.2, 0.25) is 0 Å². The average Bonchev–Trinajstić information content (AvgIpc) is 2.63. The molecule has 0 aliphatic rings. The van der Waals surface area contributed by atoms with Crippen LogP contribution in [0.15, 0.2) is 4.90 Å². The Balaban J connectivity index is 3.47. The van der Waals surface area contributed by atoms with Crippen LogP contribution in [0.5, 0.6) is 0 Å². The van der Waals surface area contributed by atoms with Crippen LogP contribution < -0.4 is 16.0 Å². The Kier molecular flexibility index (Phi) is 4.78. The van der Waals surface area contributed by atoms with E-state index in [4.69, 9.17) is 5.73 Å². The molecule has 0 aliphatic carbocycles. The topological polar surface area (TPSA) is 92.5 Å². The molecular formula is C10H14F3N3O3S2. The van der Waals surface area contributed by atoms with Gasteiger partial charge in [0, 0.05) is 20.4 Å². The van der Waals surface area contributed by atoms with Crippen molar-refractivity contribution in [3.8, 4) is 0 Å². The summed E-state index contributed by atoms with van der Waals surface area (Å²) in [4.78, 5) is 11.7. The summed E-state index contributed by atoms with van der Waals surface area (Å²) in [6.45, 7) is -1.36. The molecular weight excluding hydrogens is 331 g/mol. The van der Waals surface area contributed by atoms with Crippen molar-refractivity contribution in [1.82, 2.24) is 5.32 Å². The number of sulfone groups is 1. The van der Waals surface area contributed by atoms with E-state index in [1.165, 1.54) is 7.05 Å². The van der Waals surface area contributed by atoms with Gasteiger partial charge in [0.25, 0.3) is 5.91 Å². The number of thiophene rings is 1. The minimum absolute atomic E-state index is 0.137. The monoisotopic (exact) mass is 345 g/mol. The quantitative estimate of drug-likeness (QED) is 0.852. The highest BCUT2D eigenvalue weighted by Gasteiger charge is 2.34. The summed E-state index contributed by atoms with van der Waals surface area (Å²) in [5, 5.41) is 2.04. The van der Waals surface area contributed by atoms with Gasteiger partial charge in [0.05, 0.1) is 5.69 Å². The van der Waals surface area contributed by atoms with E-state index in [1.54, 1.807) is 0 Å². The summed E-state index contributed by atoms with van der Waals surface area (Å²) in [7, 11) is -1.50. The van der Waals surface area contributed by atoms with Crippen LogP contribution in [0.4, 0.5) is 23.9 Å². The standard InChI is InChI=1S/C10H14F3N3O3S2/c1-15-8(17)6-5(14)7(21(3,18)19)9(20-6)16(2)4-10(11,12)13/h4,14H2,1-3H3,(H,15,17). The Morgan fingerprint density at radius 2 is 1.95 bits per heavy atom. The first-order valence-corrected chi connectivity index (χ1v) is 8.21. The Morgan fingerprint density at radius 1 is 1.43 bits per heavy atom. The number of rotatable bonds is 4. The lowest BCUT2D eigenvalue weighted by molar-refractivity contribution is -0.119. The number of nitrogen functional groups attached to an aromatic ring is 1. The molecule has 1 aromatic rings. The van der Waals surface area contributed by atoms with Gasteiger partial charge in [-0.2, -0.15) is 13.2 Å². The molecule has 0 radical (unpaired) electrons. The second-order valence-corrected chi connectivity index (χ2v) is 7.25. The van der Waals surface area contributed by atoms with Gasteiger partial charge in [0.1, 0.15) is 21.3 Å². The Labute approximate surface area is 123 Å². The molecule has 0 saturated carbocycles. The van der Waals surface area contributed by atoms with Gasteiger partial charge in [-0.3, -0.25) is 4.79 Å². The van der Waals surface area contributed by atoms with E-state index in [-0.39, 0.29) is 15.6 Å². The SMILES string of the molecule is CNC(=O)c1sc(N(C)CC(F)(F)F)c(S(C)(=O)=O)c1N. The number of nitrogens with one attached hydrogen (secondary N) is 1. The first-order valence-electron chi connectivity index (χ1n) is 5.50. The maximum Gasteiger partial charge on any atom is 0.405 e. The van der Waals surface area contributed by atoms with Crippen molar-refractivity contribution in [2.75, 3.05) is 37.5 Å². The van der Waals surface area contributed by atoms with Crippen molar-refractivity contribution in [2.24, 2.45) is 0 Å². The Morgan fingerprint density at radius 3 is 2.33 bits per heavy atom. The minimum atomic E-state index is -4.52. The summed E-state index contributed by atoms with van der Waals surface area (Å²) >= 11 is 0.604. The highest BCUT2D eigenvalue weighted by Crippen LogP contribution is 2.41. The number of anilines is 2. The molecule has 120 valence electrons. The fourth-order valence-electron chi connectivity index (χ4n) is 1.65. The number of hydrogen-bond acceptors (Lipinski definition) is 6. The molecule has 1 aromatic heterocycles. The average molecular weight is 345 g/mol. The summed E-state index contributed by atoms with van der Waals surface area (Å²) in [5.41, 5.74) is 5.29. The van der Waals surface area contributed by atoms with E-state index in [0.717, 1.165) is 13.3 Å². The first kappa shape index (κ1) is 17.6. The molecule has 0 bridgehead atoms. The molecule has 1 rings (SSSR count). The molecule has 0 saturated heterocycles. The lowest BCUT2D eigenvalue weighted by Gasteiger charge is -2.20. The molecule has 21 heavy (non-hydrogen) atoms. The number of alkyl halides is 3. The summed E-state index contributed by atoms with van der Waals surface area (Å²) in [6, 6.07) is 0. The van der Waals surface area contributed by atoms with Crippen LogP contribution in [0.2, 0.25) is 0 Å². The lowest BCUT2D eigenvalue weighted by Crippen LogP contribution is -2.31. The van der Waals surface area contributed by atoms with Crippen LogP contribution in [0.25, 0.3) is 0 Å². The first-order chi connectivity index (χ1) is 9.38. The van der Waals surface area contributed by atoms with Crippen molar-refractivity contribution in [3.63, 3.8) is 0 Å². The van der Waals surface area contributed by atoms with Gasteiger partial charge < -0.3 is 16.0 Å². The van der Waals surface area contributed by atoms with E-state index in [0.29, 0.717) is 16.2 Å². The second kappa shape index (κ2) is 5.72. The molecule has 0 unspecified atom stereocenters. The fourth-order valence-corrected chi connectivity index (χ4v) is 4.29. The van der Waals surface area contributed by atoms with Crippen molar-refractivity contribution < 1.29 is 26.4 Å². The number of nitrogens with two attached hydrogens (primary N) is 1. The molecule has 6 nitrogen and oxygen atoms in total. The van der Waals surface area contributed by atoms with E-state index < -0.39 is 33.4 Å². The molecule has 0 aromatic carbocycles. The lowest BCUT2D eigenvalue weighted by atomic mass is 10.3. The van der Waals surface area contributed by atoms with Crippen molar-refractivity contribution in [3.05, 3.63) is 4.88 Å². The number of carbonyl (C=O) groups excluding carboxylic acids is 1. The maximum atomic E-state index is 12.5. The zero-order valence-corrected chi connectivity index (χ0v) is 13.0. The van der Waals surface area contributed by atoms with Crippen LogP contribution in [-0.4, -0.2) is 47.4 Å². The Hall–Kier alpha value is -1.49. The number of halogens is 3. The molecule has 3 N–H and O–H groups in total. The van der Waals surface area contributed by atoms with Crippen LogP contribution in [0, 0.1) is 0 Å². The Bertz CT molecular complexity index is 652. The molecule has 0 spiro atoms. The molecule has 11 heteroatoms. The molecule has 1 heterocycles. The van der Waals surface area contributed by atoms with Gasteiger partial charge in [-0.1, -0.05) is 0 Å². The fraction of sp³-hybridized carbons (Fsp3) is 0.500. The van der Waals surface area contributed by atoms with Crippen LogP contribution in [0.1, 0.15) is 9.67 Å². The molecule has 0 atom stereocenters. The summed E-state index contributed by atoms with van der Waals surface area (Å²) in [5.74, 6) is -0.658. The molecule has 1 amide bonds. The maximum absolute atomic E-state index is 12.5. The van der Waals surface area contributed by atoms with E-state index in [2.05, 4.69) is 5.32 Å². The van der Waals surface area contributed by atoms with Crippen LogP contribution >= 0.6 is 11.3 Å². The zero-order chi connectivity index (χ0) is 16.6.